The molecule has 0 bridgehead atoms. The molecule has 0 aliphatic carbocycles. The Labute approximate surface area is 112 Å². The van der Waals surface area contributed by atoms with E-state index in [1.54, 1.807) is 6.07 Å². The molecule has 18 heavy (non-hydrogen) atoms. The molecular formula is C13H18ClN3O. The quantitative estimate of drug-likeness (QED) is 0.879. The maximum atomic E-state index is 10.4. The fraction of sp³-hybridized carbons (Fsp3) is 0.462. The van der Waals surface area contributed by atoms with Crippen molar-refractivity contribution in [3.05, 3.63) is 34.9 Å². The van der Waals surface area contributed by atoms with Gasteiger partial charge in [0.15, 0.2) is 5.84 Å². The van der Waals surface area contributed by atoms with Gasteiger partial charge in [-0.25, -0.2) is 0 Å². The molecule has 1 heterocycles. The third-order valence-corrected chi connectivity index (χ3v) is 3.15. The van der Waals surface area contributed by atoms with Crippen LogP contribution < -0.4 is 5.43 Å². The predicted octanol–water partition coefficient (Wildman–Crippen LogP) is 2.21. The molecule has 1 unspecified atom stereocenters. The molecule has 0 spiro atoms. The molecule has 1 atom stereocenters. The number of aliphatic hydroxyl groups is 1. The molecule has 1 aromatic carbocycles. The second kappa shape index (κ2) is 5.59. The first kappa shape index (κ1) is 13.2. The van der Waals surface area contributed by atoms with Crippen LogP contribution in [-0.4, -0.2) is 29.1 Å². The minimum atomic E-state index is -0.785. The van der Waals surface area contributed by atoms with Gasteiger partial charge in [0.25, 0.3) is 0 Å². The Morgan fingerprint density at radius 2 is 2.17 bits per heavy atom. The van der Waals surface area contributed by atoms with Crippen LogP contribution in [0.3, 0.4) is 0 Å². The molecule has 2 rings (SSSR count). The second-order valence-electron chi connectivity index (χ2n) is 4.83. The van der Waals surface area contributed by atoms with Crippen LogP contribution in [-0.2, 0) is 0 Å². The predicted molar refractivity (Wildman–Crippen MR) is 73.4 cm³/mol. The Bertz CT molecular complexity index is 448. The maximum Gasteiger partial charge on any atom is 0.159 e. The van der Waals surface area contributed by atoms with E-state index in [1.807, 2.05) is 23.1 Å². The Kier molecular flexibility index (Phi) is 4.09. The fourth-order valence-electron chi connectivity index (χ4n) is 2.02. The van der Waals surface area contributed by atoms with Crippen molar-refractivity contribution in [2.75, 3.05) is 13.2 Å². The summed E-state index contributed by atoms with van der Waals surface area (Å²) in [5, 5.41) is 15.1. The molecule has 0 fully saturated rings. The van der Waals surface area contributed by atoms with Crippen LogP contribution in [0.5, 0.6) is 0 Å². The first-order valence-electron chi connectivity index (χ1n) is 6.07. The molecule has 0 amide bonds. The largest absolute Gasteiger partial charge is 0.380 e. The molecule has 1 aliphatic heterocycles. The van der Waals surface area contributed by atoms with Crippen molar-refractivity contribution in [1.29, 1.82) is 0 Å². The van der Waals surface area contributed by atoms with Gasteiger partial charge in [0.1, 0.15) is 12.8 Å². The average molecular weight is 268 g/mol. The summed E-state index contributed by atoms with van der Waals surface area (Å²) < 4.78 is 0. The van der Waals surface area contributed by atoms with Gasteiger partial charge < -0.3 is 10.0 Å². The van der Waals surface area contributed by atoms with Crippen LogP contribution in [0.4, 0.5) is 0 Å². The Hall–Kier alpha value is -1.26. The first-order chi connectivity index (χ1) is 8.59. The number of nitrogens with zero attached hydrogens (tertiary/aromatic N) is 2. The van der Waals surface area contributed by atoms with Crippen LogP contribution in [0.25, 0.3) is 0 Å². The molecule has 2 N–H and O–H groups in total. The van der Waals surface area contributed by atoms with Gasteiger partial charge in [0.05, 0.1) is 0 Å². The molecule has 1 aromatic rings. The number of rotatable bonds is 4. The van der Waals surface area contributed by atoms with Crippen molar-refractivity contribution >= 4 is 17.4 Å². The summed E-state index contributed by atoms with van der Waals surface area (Å²) in [5.41, 5.74) is 3.60. The monoisotopic (exact) mass is 267 g/mol. The number of hydrazone groups is 1. The number of hydrogen-bond donors (Lipinski definition) is 2. The molecule has 0 radical (unpaired) electrons. The van der Waals surface area contributed by atoms with Crippen LogP contribution >= 0.6 is 11.6 Å². The zero-order valence-corrected chi connectivity index (χ0v) is 11.4. The molecule has 5 heteroatoms. The van der Waals surface area contributed by atoms with E-state index >= 15 is 0 Å². The van der Waals surface area contributed by atoms with E-state index in [4.69, 9.17) is 11.6 Å². The summed E-state index contributed by atoms with van der Waals surface area (Å²) in [6.45, 7) is 5.76. The molecule has 0 saturated heterocycles. The summed E-state index contributed by atoms with van der Waals surface area (Å²) in [5.74, 6) is 1.14. The minimum absolute atomic E-state index is 0.508. The highest BCUT2D eigenvalue weighted by Crippen LogP contribution is 2.25. The van der Waals surface area contributed by atoms with Crippen LogP contribution in [0, 0.1) is 5.92 Å². The van der Waals surface area contributed by atoms with E-state index in [0.29, 0.717) is 29.0 Å². The van der Waals surface area contributed by atoms with Crippen LogP contribution in [0.15, 0.2) is 29.4 Å². The van der Waals surface area contributed by atoms with Crippen LogP contribution in [0.2, 0.25) is 5.02 Å². The SMILES string of the molecule is CC(C)CN1CNN=C1C(O)c1ccccc1Cl. The molecule has 0 saturated carbocycles. The standard InChI is InChI=1S/C13H18ClN3O/c1-9(2)7-17-8-15-16-13(17)12(18)10-5-3-4-6-11(10)14/h3-6,9,12,15,18H,7-8H2,1-2H3. The number of halogens is 1. The zero-order chi connectivity index (χ0) is 13.1. The van der Waals surface area contributed by atoms with Gasteiger partial charge in [-0.3, -0.25) is 5.43 Å². The van der Waals surface area contributed by atoms with Gasteiger partial charge in [-0.1, -0.05) is 43.6 Å². The number of nitrogens with one attached hydrogen (secondary N) is 1. The minimum Gasteiger partial charge on any atom is -0.380 e. The molecular weight excluding hydrogens is 250 g/mol. The number of amidine groups is 1. The smallest absolute Gasteiger partial charge is 0.159 e. The van der Waals surface area contributed by atoms with Gasteiger partial charge in [-0.2, -0.15) is 5.10 Å². The third-order valence-electron chi connectivity index (χ3n) is 2.81. The highest BCUT2D eigenvalue weighted by Gasteiger charge is 2.26. The second-order valence-corrected chi connectivity index (χ2v) is 5.23. The van der Waals surface area contributed by atoms with Gasteiger partial charge in [-0.15, -0.1) is 0 Å². The van der Waals surface area contributed by atoms with Gasteiger partial charge in [0.2, 0.25) is 0 Å². The number of aliphatic hydroxyl groups excluding tert-OH is 1. The normalized spacial score (nSPS) is 16.7. The molecule has 0 aromatic heterocycles. The van der Waals surface area contributed by atoms with Crippen molar-refractivity contribution in [3.8, 4) is 0 Å². The van der Waals surface area contributed by atoms with E-state index in [0.717, 1.165) is 6.54 Å². The lowest BCUT2D eigenvalue weighted by Crippen LogP contribution is -2.36. The average Bonchev–Trinajstić information content (AvgIpc) is 2.76. The van der Waals surface area contributed by atoms with Gasteiger partial charge >= 0.3 is 0 Å². The van der Waals surface area contributed by atoms with E-state index in [-0.39, 0.29) is 0 Å². The highest BCUT2D eigenvalue weighted by molar-refractivity contribution is 6.31. The van der Waals surface area contributed by atoms with E-state index in [1.165, 1.54) is 0 Å². The topological polar surface area (TPSA) is 47.9 Å². The summed E-state index contributed by atoms with van der Waals surface area (Å²) in [6, 6.07) is 7.30. The maximum absolute atomic E-state index is 10.4. The highest BCUT2D eigenvalue weighted by atomic mass is 35.5. The Morgan fingerprint density at radius 3 is 2.83 bits per heavy atom. The molecule has 98 valence electrons. The summed E-state index contributed by atoms with van der Waals surface area (Å²) in [7, 11) is 0. The van der Waals surface area contributed by atoms with E-state index in [9.17, 15) is 5.11 Å². The summed E-state index contributed by atoms with van der Waals surface area (Å²) in [4.78, 5) is 2.04. The van der Waals surface area contributed by atoms with Crippen molar-refractivity contribution < 1.29 is 5.11 Å². The van der Waals surface area contributed by atoms with Crippen LogP contribution in [0.1, 0.15) is 25.5 Å². The first-order valence-corrected chi connectivity index (χ1v) is 6.45. The van der Waals surface area contributed by atoms with E-state index < -0.39 is 6.10 Å². The fourth-order valence-corrected chi connectivity index (χ4v) is 2.26. The summed E-state index contributed by atoms with van der Waals surface area (Å²) >= 11 is 6.10. The molecule has 4 nitrogen and oxygen atoms in total. The lowest BCUT2D eigenvalue weighted by atomic mass is 10.1. The lowest BCUT2D eigenvalue weighted by Gasteiger charge is -2.24. The number of benzene rings is 1. The Balaban J connectivity index is 2.18. The zero-order valence-electron chi connectivity index (χ0n) is 10.6. The summed E-state index contributed by atoms with van der Waals surface area (Å²) in [6.07, 6.45) is -0.785. The van der Waals surface area contributed by atoms with Crippen molar-refractivity contribution in [2.45, 2.75) is 20.0 Å². The van der Waals surface area contributed by atoms with Crippen molar-refractivity contribution in [1.82, 2.24) is 10.3 Å². The third kappa shape index (κ3) is 2.76. The molecule has 1 aliphatic rings. The Morgan fingerprint density at radius 1 is 1.44 bits per heavy atom. The van der Waals surface area contributed by atoms with Gasteiger partial charge in [0, 0.05) is 17.1 Å². The van der Waals surface area contributed by atoms with E-state index in [2.05, 4.69) is 24.4 Å². The lowest BCUT2D eigenvalue weighted by molar-refractivity contribution is 0.224. The van der Waals surface area contributed by atoms with Crippen molar-refractivity contribution in [2.24, 2.45) is 11.0 Å². The number of hydrogen-bond acceptors (Lipinski definition) is 4. The van der Waals surface area contributed by atoms with Crippen molar-refractivity contribution in [3.63, 3.8) is 0 Å². The van der Waals surface area contributed by atoms with Gasteiger partial charge in [-0.05, 0) is 12.0 Å².